The summed E-state index contributed by atoms with van der Waals surface area (Å²) in [5.74, 6) is -0.128. The Kier molecular flexibility index (Phi) is 5.00. The minimum Gasteiger partial charge on any atom is -0.395 e. The number of aliphatic hydroxyl groups excluding tert-OH is 1. The van der Waals surface area contributed by atoms with Gasteiger partial charge in [0, 0.05) is 34.7 Å². The first-order chi connectivity index (χ1) is 11.2. The van der Waals surface area contributed by atoms with Crippen molar-refractivity contribution in [3.63, 3.8) is 0 Å². The Morgan fingerprint density at radius 1 is 1.22 bits per heavy atom. The average molecular weight is 327 g/mol. The molecule has 5 heteroatoms. The predicted octanol–water partition coefficient (Wildman–Crippen LogP) is 2.92. The van der Waals surface area contributed by atoms with E-state index in [4.69, 9.17) is 0 Å². The van der Waals surface area contributed by atoms with E-state index in [2.05, 4.69) is 53.2 Å². The second-order valence-corrected chi connectivity index (χ2v) is 6.99. The first kappa shape index (κ1) is 16.1. The van der Waals surface area contributed by atoms with E-state index in [1.54, 1.807) is 18.6 Å². The van der Waals surface area contributed by atoms with Gasteiger partial charge in [0.1, 0.15) is 0 Å². The minimum absolute atomic E-state index is 0.0361. The molecule has 0 radical (unpaired) electrons. The highest BCUT2D eigenvalue weighted by Gasteiger charge is 2.23. The van der Waals surface area contributed by atoms with Gasteiger partial charge in [0.05, 0.1) is 18.2 Å². The molecule has 0 saturated carbocycles. The third-order valence-corrected chi connectivity index (χ3v) is 5.21. The molecule has 0 aliphatic heterocycles. The van der Waals surface area contributed by atoms with Crippen LogP contribution in [0.2, 0.25) is 0 Å². The second-order valence-electron chi connectivity index (χ2n) is 5.85. The van der Waals surface area contributed by atoms with Crippen molar-refractivity contribution in [1.29, 1.82) is 0 Å². The van der Waals surface area contributed by atoms with Crippen molar-refractivity contribution < 1.29 is 5.11 Å². The zero-order valence-electron chi connectivity index (χ0n) is 13.4. The molecule has 2 heterocycles. The molecule has 0 aliphatic rings. The molecule has 1 N–H and O–H groups in total. The highest BCUT2D eigenvalue weighted by Crippen LogP contribution is 2.38. The van der Waals surface area contributed by atoms with E-state index in [-0.39, 0.29) is 12.5 Å². The largest absolute Gasteiger partial charge is 0.395 e. The molecule has 4 nitrogen and oxygen atoms in total. The molecule has 23 heavy (non-hydrogen) atoms. The Labute approximate surface area is 140 Å². The maximum absolute atomic E-state index is 10.0. The molecule has 0 spiro atoms. The normalized spacial score (nSPS) is 12.9. The standard InChI is InChI=1S/C18H21N3OS/c1-21(2)10-7-17-18(13-5-3-4-6-16(13)23-17)14(12-22)15-11-19-8-9-20-15/h3-6,8-9,11,14,22H,7,10,12H2,1-2H3. The lowest BCUT2D eigenvalue weighted by Gasteiger charge is -2.16. The van der Waals surface area contributed by atoms with Crippen LogP contribution in [-0.4, -0.2) is 47.2 Å². The summed E-state index contributed by atoms with van der Waals surface area (Å²) in [6.45, 7) is 1.02. The highest BCUT2D eigenvalue weighted by atomic mass is 32.1. The topological polar surface area (TPSA) is 49.2 Å². The first-order valence-electron chi connectivity index (χ1n) is 7.72. The fourth-order valence-corrected chi connectivity index (χ4v) is 4.09. The van der Waals surface area contributed by atoms with Gasteiger partial charge >= 0.3 is 0 Å². The van der Waals surface area contributed by atoms with Crippen LogP contribution in [0.1, 0.15) is 22.1 Å². The van der Waals surface area contributed by atoms with Gasteiger partial charge in [-0.2, -0.15) is 0 Å². The molecular weight excluding hydrogens is 306 g/mol. The van der Waals surface area contributed by atoms with Gasteiger partial charge in [-0.3, -0.25) is 9.97 Å². The van der Waals surface area contributed by atoms with Crippen LogP contribution in [0, 0.1) is 0 Å². The van der Waals surface area contributed by atoms with E-state index >= 15 is 0 Å². The van der Waals surface area contributed by atoms with Crippen molar-refractivity contribution in [2.24, 2.45) is 0 Å². The SMILES string of the molecule is CN(C)CCc1sc2ccccc2c1C(CO)c1cnccn1. The van der Waals surface area contributed by atoms with Crippen LogP contribution in [0.4, 0.5) is 0 Å². The summed E-state index contributed by atoms with van der Waals surface area (Å²) in [6.07, 6.45) is 6.07. The third kappa shape index (κ3) is 3.42. The Bertz CT molecular complexity index is 770. The lowest BCUT2D eigenvalue weighted by molar-refractivity contribution is 0.278. The minimum atomic E-state index is -0.128. The maximum atomic E-state index is 10.0. The van der Waals surface area contributed by atoms with Crippen LogP contribution < -0.4 is 0 Å². The van der Waals surface area contributed by atoms with E-state index in [9.17, 15) is 5.11 Å². The molecule has 120 valence electrons. The van der Waals surface area contributed by atoms with Crippen LogP contribution in [0.25, 0.3) is 10.1 Å². The molecule has 3 rings (SSSR count). The molecule has 0 aliphatic carbocycles. The highest BCUT2D eigenvalue weighted by molar-refractivity contribution is 7.19. The lowest BCUT2D eigenvalue weighted by Crippen LogP contribution is -2.16. The number of thiophene rings is 1. The van der Waals surface area contributed by atoms with E-state index in [1.807, 2.05) is 11.3 Å². The van der Waals surface area contributed by atoms with Crippen molar-refractivity contribution in [2.45, 2.75) is 12.3 Å². The van der Waals surface area contributed by atoms with Gasteiger partial charge in [-0.25, -0.2) is 0 Å². The quantitative estimate of drug-likeness (QED) is 0.756. The van der Waals surface area contributed by atoms with Crippen molar-refractivity contribution in [3.8, 4) is 0 Å². The van der Waals surface area contributed by atoms with Crippen molar-refractivity contribution in [3.05, 3.63) is 59.0 Å². The number of likely N-dealkylation sites (N-methyl/N-ethyl adjacent to an activating group) is 1. The molecule has 0 saturated heterocycles. The fourth-order valence-electron chi connectivity index (χ4n) is 2.83. The number of rotatable bonds is 6. The van der Waals surface area contributed by atoms with E-state index in [0.717, 1.165) is 18.7 Å². The zero-order chi connectivity index (χ0) is 16.2. The first-order valence-corrected chi connectivity index (χ1v) is 8.54. The third-order valence-electron chi connectivity index (χ3n) is 3.97. The summed E-state index contributed by atoms with van der Waals surface area (Å²) in [4.78, 5) is 12.1. The van der Waals surface area contributed by atoms with Crippen LogP contribution in [0.3, 0.4) is 0 Å². The molecule has 1 unspecified atom stereocenters. The average Bonchev–Trinajstić information content (AvgIpc) is 2.93. The zero-order valence-corrected chi connectivity index (χ0v) is 14.3. The molecule has 1 atom stereocenters. The summed E-state index contributed by atoms with van der Waals surface area (Å²) in [5.41, 5.74) is 2.03. The number of benzene rings is 1. The summed E-state index contributed by atoms with van der Waals surface area (Å²) in [7, 11) is 4.17. The number of aromatic nitrogens is 2. The number of hydrogen-bond acceptors (Lipinski definition) is 5. The molecule has 3 aromatic rings. The van der Waals surface area contributed by atoms with Crippen LogP contribution in [0.15, 0.2) is 42.9 Å². The molecule has 2 aromatic heterocycles. The van der Waals surface area contributed by atoms with E-state index in [1.165, 1.54) is 20.5 Å². The van der Waals surface area contributed by atoms with Crippen LogP contribution in [-0.2, 0) is 6.42 Å². The molecule has 0 fully saturated rings. The van der Waals surface area contributed by atoms with Gasteiger partial charge in [0.15, 0.2) is 0 Å². The lowest BCUT2D eigenvalue weighted by atomic mass is 9.93. The van der Waals surface area contributed by atoms with Gasteiger partial charge in [-0.15, -0.1) is 11.3 Å². The number of fused-ring (bicyclic) bond motifs is 1. The number of aliphatic hydroxyl groups is 1. The van der Waals surface area contributed by atoms with Gasteiger partial charge in [-0.05, 0) is 37.5 Å². The second kappa shape index (κ2) is 7.17. The van der Waals surface area contributed by atoms with Crippen molar-refractivity contribution >= 4 is 21.4 Å². The Balaban J connectivity index is 2.11. The Morgan fingerprint density at radius 3 is 2.74 bits per heavy atom. The van der Waals surface area contributed by atoms with Gasteiger partial charge in [0.2, 0.25) is 0 Å². The summed E-state index contributed by atoms with van der Waals surface area (Å²) >= 11 is 1.82. The number of nitrogens with zero attached hydrogens (tertiary/aromatic N) is 3. The molecule has 0 amide bonds. The monoisotopic (exact) mass is 327 g/mol. The summed E-state index contributed by atoms with van der Waals surface area (Å²) in [6, 6.07) is 8.40. The van der Waals surface area contributed by atoms with E-state index in [0.29, 0.717) is 0 Å². The van der Waals surface area contributed by atoms with Gasteiger partial charge < -0.3 is 10.0 Å². The van der Waals surface area contributed by atoms with Crippen molar-refractivity contribution in [2.75, 3.05) is 27.2 Å². The van der Waals surface area contributed by atoms with Crippen LogP contribution in [0.5, 0.6) is 0 Å². The molecule has 0 bridgehead atoms. The Hall–Kier alpha value is -1.82. The predicted molar refractivity (Wildman–Crippen MR) is 95.0 cm³/mol. The van der Waals surface area contributed by atoms with Crippen LogP contribution >= 0.6 is 11.3 Å². The van der Waals surface area contributed by atoms with Gasteiger partial charge in [-0.1, -0.05) is 18.2 Å². The fraction of sp³-hybridized carbons (Fsp3) is 0.333. The van der Waals surface area contributed by atoms with E-state index < -0.39 is 0 Å². The van der Waals surface area contributed by atoms with Gasteiger partial charge in [0.25, 0.3) is 0 Å². The smallest absolute Gasteiger partial charge is 0.0685 e. The number of hydrogen-bond donors (Lipinski definition) is 1. The summed E-state index contributed by atoms with van der Waals surface area (Å²) < 4.78 is 1.26. The Morgan fingerprint density at radius 2 is 2.04 bits per heavy atom. The molecule has 1 aromatic carbocycles. The maximum Gasteiger partial charge on any atom is 0.0685 e. The van der Waals surface area contributed by atoms with Crippen molar-refractivity contribution in [1.82, 2.24) is 14.9 Å². The molecular formula is C18H21N3OS. The summed E-state index contributed by atoms with van der Waals surface area (Å²) in [5, 5.41) is 11.3.